The van der Waals surface area contributed by atoms with Crippen molar-refractivity contribution in [2.45, 2.75) is 0 Å². The first-order valence-electron chi connectivity index (χ1n) is 7.73. The molecular weight excluding hydrogens is 282 g/mol. The Morgan fingerprint density at radius 3 is 2.77 bits per heavy atom. The van der Waals surface area contributed by atoms with Crippen LogP contribution in [0.5, 0.6) is 5.75 Å². The highest BCUT2D eigenvalue weighted by Crippen LogP contribution is 2.20. The normalized spacial score (nSPS) is 15.1. The molecule has 22 heavy (non-hydrogen) atoms. The number of aliphatic hydroxyl groups is 1. The fourth-order valence-corrected chi connectivity index (χ4v) is 2.40. The van der Waals surface area contributed by atoms with Crippen molar-refractivity contribution in [2.75, 3.05) is 59.5 Å². The van der Waals surface area contributed by atoms with Gasteiger partial charge in [0.1, 0.15) is 12.4 Å². The number of ether oxygens (including phenoxy) is 1. The van der Waals surface area contributed by atoms with Crippen LogP contribution >= 0.6 is 0 Å². The van der Waals surface area contributed by atoms with Crippen LogP contribution in [-0.2, 0) is 0 Å². The first-order chi connectivity index (χ1) is 10.7. The van der Waals surface area contributed by atoms with E-state index in [-0.39, 0.29) is 12.5 Å². The van der Waals surface area contributed by atoms with Crippen LogP contribution in [0.2, 0.25) is 0 Å². The Balaban J connectivity index is 1.95. The lowest BCUT2D eigenvalue weighted by atomic mass is 10.1. The average Bonchev–Trinajstić information content (AvgIpc) is 2.56. The summed E-state index contributed by atoms with van der Waals surface area (Å²) in [5.41, 5.74) is 0.620. The van der Waals surface area contributed by atoms with Gasteiger partial charge in [0.05, 0.1) is 12.2 Å². The highest BCUT2D eigenvalue weighted by Gasteiger charge is 2.20. The molecule has 1 aromatic rings. The molecule has 122 valence electrons. The number of amides is 1. The quantitative estimate of drug-likeness (QED) is 0.744. The van der Waals surface area contributed by atoms with Gasteiger partial charge in [-0.1, -0.05) is 12.1 Å². The topological polar surface area (TPSA) is 65.0 Å². The number of likely N-dealkylation sites (N-methyl/N-ethyl adjacent to an activating group) is 1. The van der Waals surface area contributed by atoms with Gasteiger partial charge in [-0.25, -0.2) is 0 Å². The minimum atomic E-state index is 0.0285. The molecule has 0 spiro atoms. The van der Waals surface area contributed by atoms with Crippen molar-refractivity contribution in [3.8, 4) is 5.75 Å². The third-order valence-corrected chi connectivity index (χ3v) is 3.73. The van der Waals surface area contributed by atoms with Crippen LogP contribution < -0.4 is 10.1 Å². The minimum Gasteiger partial charge on any atom is -0.491 e. The van der Waals surface area contributed by atoms with E-state index in [4.69, 9.17) is 9.84 Å². The highest BCUT2D eigenvalue weighted by molar-refractivity contribution is 5.97. The maximum Gasteiger partial charge on any atom is 0.257 e. The SMILES string of the molecule is CN(CCO)CCOc1ccccc1C(=O)N1CCNCC1. The number of carbonyl (C=O) groups excluding carboxylic acids is 1. The summed E-state index contributed by atoms with van der Waals surface area (Å²) in [6, 6.07) is 7.39. The molecule has 1 heterocycles. The van der Waals surface area contributed by atoms with Crippen molar-refractivity contribution in [2.24, 2.45) is 0 Å². The smallest absolute Gasteiger partial charge is 0.257 e. The Kier molecular flexibility index (Phi) is 6.64. The third kappa shape index (κ3) is 4.69. The number of benzene rings is 1. The summed E-state index contributed by atoms with van der Waals surface area (Å²) in [6.45, 7) is 5.07. The molecule has 0 atom stereocenters. The Hall–Kier alpha value is -1.63. The Morgan fingerprint density at radius 1 is 1.32 bits per heavy atom. The summed E-state index contributed by atoms with van der Waals surface area (Å²) in [6.07, 6.45) is 0. The monoisotopic (exact) mass is 307 g/mol. The average molecular weight is 307 g/mol. The molecule has 0 unspecified atom stereocenters. The van der Waals surface area contributed by atoms with E-state index in [1.54, 1.807) is 0 Å². The first-order valence-corrected chi connectivity index (χ1v) is 7.73. The fourth-order valence-electron chi connectivity index (χ4n) is 2.40. The molecular formula is C16H25N3O3. The number of piperazine rings is 1. The maximum atomic E-state index is 12.6. The maximum absolute atomic E-state index is 12.6. The van der Waals surface area contributed by atoms with Crippen LogP contribution in [0.1, 0.15) is 10.4 Å². The van der Waals surface area contributed by atoms with E-state index in [2.05, 4.69) is 5.32 Å². The summed E-state index contributed by atoms with van der Waals surface area (Å²) in [5, 5.41) is 12.1. The molecule has 2 N–H and O–H groups in total. The van der Waals surface area contributed by atoms with Gasteiger partial charge in [0.25, 0.3) is 5.91 Å². The van der Waals surface area contributed by atoms with E-state index in [1.807, 2.05) is 41.1 Å². The van der Waals surface area contributed by atoms with Gasteiger partial charge >= 0.3 is 0 Å². The van der Waals surface area contributed by atoms with E-state index < -0.39 is 0 Å². The molecule has 0 aliphatic carbocycles. The summed E-state index contributed by atoms with van der Waals surface area (Å²) < 4.78 is 5.78. The number of nitrogens with zero attached hydrogens (tertiary/aromatic N) is 2. The second-order valence-corrected chi connectivity index (χ2v) is 5.41. The molecule has 1 amide bonds. The highest BCUT2D eigenvalue weighted by atomic mass is 16.5. The summed E-state index contributed by atoms with van der Waals surface area (Å²) >= 11 is 0. The summed E-state index contributed by atoms with van der Waals surface area (Å²) in [4.78, 5) is 16.4. The lowest BCUT2D eigenvalue weighted by Gasteiger charge is -2.28. The molecule has 1 aliphatic heterocycles. The van der Waals surface area contributed by atoms with Crippen LogP contribution in [0.15, 0.2) is 24.3 Å². The molecule has 6 heteroatoms. The van der Waals surface area contributed by atoms with Gasteiger partial charge in [-0.2, -0.15) is 0 Å². The zero-order valence-corrected chi connectivity index (χ0v) is 13.1. The van der Waals surface area contributed by atoms with E-state index in [9.17, 15) is 4.79 Å². The van der Waals surface area contributed by atoms with Gasteiger partial charge in [0.2, 0.25) is 0 Å². The molecule has 2 rings (SSSR count). The zero-order chi connectivity index (χ0) is 15.8. The molecule has 0 aromatic heterocycles. The molecule has 1 aliphatic rings. The molecule has 1 fully saturated rings. The van der Waals surface area contributed by atoms with Gasteiger partial charge < -0.3 is 25.0 Å². The Morgan fingerprint density at radius 2 is 2.05 bits per heavy atom. The Labute approximate surface area is 131 Å². The van der Waals surface area contributed by atoms with E-state index in [0.717, 1.165) is 26.2 Å². The van der Waals surface area contributed by atoms with Crippen LogP contribution in [0.4, 0.5) is 0 Å². The second-order valence-electron chi connectivity index (χ2n) is 5.41. The Bertz CT molecular complexity index is 475. The van der Waals surface area contributed by atoms with Crippen LogP contribution in [0.25, 0.3) is 0 Å². The van der Waals surface area contributed by atoms with Gasteiger partial charge in [-0.3, -0.25) is 4.79 Å². The minimum absolute atomic E-state index is 0.0285. The molecule has 0 radical (unpaired) electrons. The van der Waals surface area contributed by atoms with Crippen molar-refractivity contribution in [1.82, 2.24) is 15.1 Å². The van der Waals surface area contributed by atoms with Crippen LogP contribution in [0, 0.1) is 0 Å². The molecule has 1 aromatic carbocycles. The number of aliphatic hydroxyl groups excluding tert-OH is 1. The second kappa shape index (κ2) is 8.73. The molecule has 1 saturated heterocycles. The van der Waals surface area contributed by atoms with Crippen molar-refractivity contribution < 1.29 is 14.6 Å². The lowest BCUT2D eigenvalue weighted by Crippen LogP contribution is -2.46. The summed E-state index contributed by atoms with van der Waals surface area (Å²) in [5.74, 6) is 0.657. The fraction of sp³-hybridized carbons (Fsp3) is 0.562. The van der Waals surface area contributed by atoms with Gasteiger partial charge in [-0.05, 0) is 19.2 Å². The van der Waals surface area contributed by atoms with Crippen LogP contribution in [-0.4, -0.2) is 80.3 Å². The number of hydrogen-bond acceptors (Lipinski definition) is 5. The van der Waals surface area contributed by atoms with E-state index >= 15 is 0 Å². The number of para-hydroxylation sites is 1. The van der Waals surface area contributed by atoms with Crippen molar-refractivity contribution >= 4 is 5.91 Å². The van der Waals surface area contributed by atoms with Crippen molar-refractivity contribution in [3.63, 3.8) is 0 Å². The van der Waals surface area contributed by atoms with Gasteiger partial charge in [-0.15, -0.1) is 0 Å². The number of carbonyl (C=O) groups is 1. The van der Waals surface area contributed by atoms with Gasteiger partial charge in [0.15, 0.2) is 0 Å². The predicted molar refractivity (Wildman–Crippen MR) is 85.3 cm³/mol. The predicted octanol–water partition coefficient (Wildman–Crippen LogP) is 0.0349. The van der Waals surface area contributed by atoms with Gasteiger partial charge in [0, 0.05) is 39.3 Å². The number of hydrogen-bond donors (Lipinski definition) is 2. The number of rotatable bonds is 7. The van der Waals surface area contributed by atoms with E-state index in [1.165, 1.54) is 0 Å². The lowest BCUT2D eigenvalue weighted by molar-refractivity contribution is 0.0731. The molecule has 6 nitrogen and oxygen atoms in total. The summed E-state index contributed by atoms with van der Waals surface area (Å²) in [7, 11) is 1.93. The van der Waals surface area contributed by atoms with Crippen LogP contribution in [0.3, 0.4) is 0 Å². The van der Waals surface area contributed by atoms with Crippen molar-refractivity contribution in [3.05, 3.63) is 29.8 Å². The largest absolute Gasteiger partial charge is 0.491 e. The molecule has 0 saturated carbocycles. The number of nitrogens with one attached hydrogen (secondary N) is 1. The third-order valence-electron chi connectivity index (χ3n) is 3.73. The first kappa shape index (κ1) is 16.7. The zero-order valence-electron chi connectivity index (χ0n) is 13.1. The van der Waals surface area contributed by atoms with E-state index in [0.29, 0.717) is 31.0 Å². The molecule has 0 bridgehead atoms. The van der Waals surface area contributed by atoms with Crippen molar-refractivity contribution in [1.29, 1.82) is 0 Å². The standard InChI is InChI=1S/C16H25N3O3/c1-18(10-12-20)11-13-22-15-5-3-2-4-14(15)16(21)19-8-6-17-7-9-19/h2-5,17,20H,6-13H2,1H3.